The highest BCUT2D eigenvalue weighted by molar-refractivity contribution is 7.20. The predicted molar refractivity (Wildman–Crippen MR) is 124 cm³/mol. The van der Waals surface area contributed by atoms with Crippen molar-refractivity contribution in [2.45, 2.75) is 51.4 Å². The molecule has 0 aliphatic carbocycles. The van der Waals surface area contributed by atoms with E-state index in [4.69, 9.17) is 20.6 Å². The average Bonchev–Trinajstić information content (AvgIpc) is 3.37. The predicted octanol–water partition coefficient (Wildman–Crippen LogP) is 3.77. The van der Waals surface area contributed by atoms with Crippen molar-refractivity contribution < 1.29 is 14.6 Å². The van der Waals surface area contributed by atoms with Crippen molar-refractivity contribution >= 4 is 44.4 Å². The Morgan fingerprint density at radius 3 is 2.90 bits per heavy atom. The van der Waals surface area contributed by atoms with E-state index < -0.39 is 5.97 Å². The second-order valence-electron chi connectivity index (χ2n) is 8.24. The molecule has 3 aromatic rings. The molecule has 0 radical (unpaired) electrons. The van der Waals surface area contributed by atoms with Crippen LogP contribution in [0.2, 0.25) is 0 Å². The third-order valence-corrected chi connectivity index (χ3v) is 7.27. The van der Waals surface area contributed by atoms with Crippen LogP contribution in [0.25, 0.3) is 21.3 Å². The number of pyridine rings is 1. The Balaban J connectivity index is 1.39. The molecule has 0 saturated carbocycles. The van der Waals surface area contributed by atoms with Crippen LogP contribution in [0.15, 0.2) is 6.07 Å². The second-order valence-corrected chi connectivity index (χ2v) is 9.33. The summed E-state index contributed by atoms with van der Waals surface area (Å²) in [6, 6.07) is 2.21. The zero-order chi connectivity index (χ0) is 21.8. The molecule has 0 spiro atoms. The maximum atomic E-state index is 10.5. The molecule has 4 heterocycles. The molecule has 8 nitrogen and oxygen atoms in total. The molecule has 3 aromatic heterocycles. The number of nitrogens with one attached hydrogen (secondary N) is 1. The number of carboxylic acids is 1. The topological polar surface area (TPSA) is 117 Å². The number of rotatable bonds is 10. The number of imidazole rings is 1. The van der Waals surface area contributed by atoms with E-state index in [1.165, 1.54) is 4.88 Å². The van der Waals surface area contributed by atoms with Gasteiger partial charge in [-0.3, -0.25) is 4.79 Å². The van der Waals surface area contributed by atoms with Crippen LogP contribution < -0.4 is 5.73 Å². The van der Waals surface area contributed by atoms with Gasteiger partial charge < -0.3 is 25.5 Å². The van der Waals surface area contributed by atoms with Crippen molar-refractivity contribution in [3.8, 4) is 0 Å². The van der Waals surface area contributed by atoms with Crippen LogP contribution in [0.4, 0.5) is 5.82 Å². The van der Waals surface area contributed by atoms with E-state index >= 15 is 0 Å². The summed E-state index contributed by atoms with van der Waals surface area (Å²) in [5, 5.41) is 8.65. The Kier molecular flexibility index (Phi) is 7.04. The first kappa shape index (κ1) is 22.0. The number of nitrogens with two attached hydrogens (primary N) is 1. The van der Waals surface area contributed by atoms with Crippen LogP contribution in [0.1, 0.15) is 55.6 Å². The fraction of sp³-hybridized carbons (Fsp3) is 0.591. The van der Waals surface area contributed by atoms with Crippen LogP contribution in [0.5, 0.6) is 0 Å². The van der Waals surface area contributed by atoms with E-state index in [1.54, 1.807) is 0 Å². The van der Waals surface area contributed by atoms with Gasteiger partial charge in [-0.05, 0) is 44.3 Å². The number of H-pyrrole nitrogens is 1. The molecule has 0 atom stereocenters. The number of aryl methyl sites for hydroxylation is 1. The highest BCUT2D eigenvalue weighted by Gasteiger charge is 2.23. The number of anilines is 1. The molecule has 0 bridgehead atoms. The van der Waals surface area contributed by atoms with Gasteiger partial charge >= 0.3 is 5.97 Å². The maximum absolute atomic E-state index is 10.5. The highest BCUT2D eigenvalue weighted by Crippen LogP contribution is 2.39. The SMILES string of the molecule is CCCCc1nc2c(N)nc3cc(C4CCN(CCOCCC(=O)O)CC4)sc3c2[nH]1. The molecule has 4 N–H and O–H groups in total. The Hall–Kier alpha value is -2.23. The van der Waals surface area contributed by atoms with Gasteiger partial charge in [0, 0.05) is 17.8 Å². The summed E-state index contributed by atoms with van der Waals surface area (Å²) in [6.07, 6.45) is 5.45. The lowest BCUT2D eigenvalue weighted by Crippen LogP contribution is -2.35. The normalized spacial score (nSPS) is 15.9. The molecule has 31 heavy (non-hydrogen) atoms. The first-order chi connectivity index (χ1) is 15.0. The summed E-state index contributed by atoms with van der Waals surface area (Å²) in [6.45, 7) is 5.95. The van der Waals surface area contributed by atoms with E-state index in [0.29, 0.717) is 18.3 Å². The molecule has 0 aromatic carbocycles. The van der Waals surface area contributed by atoms with Crippen LogP contribution >= 0.6 is 11.3 Å². The lowest BCUT2D eigenvalue weighted by molar-refractivity contribution is -0.138. The lowest BCUT2D eigenvalue weighted by Gasteiger charge is -2.31. The first-order valence-corrected chi connectivity index (χ1v) is 12.0. The van der Waals surface area contributed by atoms with Gasteiger partial charge in [-0.1, -0.05) is 13.3 Å². The minimum atomic E-state index is -0.815. The number of thiophene rings is 1. The number of hydrogen-bond donors (Lipinski definition) is 3. The summed E-state index contributed by atoms with van der Waals surface area (Å²) >= 11 is 1.82. The van der Waals surface area contributed by atoms with E-state index in [2.05, 4.69) is 27.9 Å². The largest absolute Gasteiger partial charge is 0.481 e. The van der Waals surface area contributed by atoms with Crippen LogP contribution in [0, 0.1) is 0 Å². The number of fused-ring (bicyclic) bond motifs is 3. The van der Waals surface area contributed by atoms with Crippen molar-refractivity contribution in [2.75, 3.05) is 38.6 Å². The van der Waals surface area contributed by atoms with Crippen molar-refractivity contribution in [3.05, 3.63) is 16.8 Å². The van der Waals surface area contributed by atoms with E-state index in [0.717, 1.165) is 78.8 Å². The third-order valence-electron chi connectivity index (χ3n) is 5.96. The van der Waals surface area contributed by atoms with E-state index in [-0.39, 0.29) is 13.0 Å². The van der Waals surface area contributed by atoms with Crippen molar-refractivity contribution in [2.24, 2.45) is 0 Å². The standard InChI is InChI=1S/C22H31N5O3S/c1-2-3-4-17-25-19-20(26-17)22(23)24-15-13-16(31-21(15)19)14-5-8-27(9-6-14)10-12-30-11-7-18(28)29/h13-14H,2-12H2,1H3,(H2,23,24)(H,25,26)(H,28,29). The Labute approximate surface area is 185 Å². The number of nitrogens with zero attached hydrogens (tertiary/aromatic N) is 3. The minimum absolute atomic E-state index is 0.0657. The molecule has 4 rings (SSSR count). The van der Waals surface area contributed by atoms with Crippen LogP contribution in [-0.2, 0) is 16.0 Å². The Morgan fingerprint density at radius 2 is 2.16 bits per heavy atom. The Morgan fingerprint density at radius 1 is 1.35 bits per heavy atom. The number of carbonyl (C=O) groups is 1. The van der Waals surface area contributed by atoms with Gasteiger partial charge in [-0.25, -0.2) is 9.97 Å². The molecule has 9 heteroatoms. The number of hydrogen-bond acceptors (Lipinski definition) is 7. The van der Waals surface area contributed by atoms with E-state index in [1.807, 2.05) is 11.3 Å². The number of aromatic nitrogens is 3. The van der Waals surface area contributed by atoms with Gasteiger partial charge in [-0.2, -0.15) is 0 Å². The summed E-state index contributed by atoms with van der Waals surface area (Å²) in [5.74, 6) is 1.21. The van der Waals surface area contributed by atoms with Crippen LogP contribution in [0.3, 0.4) is 0 Å². The van der Waals surface area contributed by atoms with Crippen molar-refractivity contribution in [3.63, 3.8) is 0 Å². The molecular weight excluding hydrogens is 414 g/mol. The van der Waals surface area contributed by atoms with Gasteiger partial charge in [-0.15, -0.1) is 11.3 Å². The lowest BCUT2D eigenvalue weighted by atomic mass is 9.95. The van der Waals surface area contributed by atoms with E-state index in [9.17, 15) is 4.79 Å². The number of aliphatic carboxylic acids is 1. The monoisotopic (exact) mass is 445 g/mol. The molecule has 1 aliphatic rings. The molecular formula is C22H31N5O3S. The maximum Gasteiger partial charge on any atom is 0.305 e. The molecule has 0 amide bonds. The molecule has 1 saturated heterocycles. The third kappa shape index (κ3) is 5.16. The summed E-state index contributed by atoms with van der Waals surface area (Å²) in [4.78, 5) is 27.1. The molecule has 0 unspecified atom stereocenters. The fourth-order valence-electron chi connectivity index (χ4n) is 4.18. The van der Waals surface area contributed by atoms with Gasteiger partial charge in [0.15, 0.2) is 5.82 Å². The number of aromatic amines is 1. The van der Waals surface area contributed by atoms with Gasteiger partial charge in [0.05, 0.1) is 35.4 Å². The number of likely N-dealkylation sites (tertiary alicyclic amines) is 1. The number of ether oxygens (including phenoxy) is 1. The van der Waals surface area contributed by atoms with Gasteiger partial charge in [0.1, 0.15) is 11.3 Å². The highest BCUT2D eigenvalue weighted by atomic mass is 32.1. The first-order valence-electron chi connectivity index (χ1n) is 11.1. The number of nitrogen functional groups attached to an aromatic ring is 1. The molecule has 168 valence electrons. The van der Waals surface area contributed by atoms with Gasteiger partial charge in [0.25, 0.3) is 0 Å². The van der Waals surface area contributed by atoms with Crippen molar-refractivity contribution in [1.82, 2.24) is 19.9 Å². The number of piperidine rings is 1. The fourth-order valence-corrected chi connectivity index (χ4v) is 5.44. The zero-order valence-electron chi connectivity index (χ0n) is 18.0. The number of unbranched alkanes of at least 4 members (excludes halogenated alkanes) is 1. The minimum Gasteiger partial charge on any atom is -0.481 e. The average molecular weight is 446 g/mol. The smallest absolute Gasteiger partial charge is 0.305 e. The molecule has 1 aliphatic heterocycles. The number of carboxylic acid groups (broad SMARTS) is 1. The summed E-state index contributed by atoms with van der Waals surface area (Å²) in [5.41, 5.74) is 9.00. The summed E-state index contributed by atoms with van der Waals surface area (Å²) in [7, 11) is 0. The zero-order valence-corrected chi connectivity index (χ0v) is 18.8. The molecule has 1 fully saturated rings. The second kappa shape index (κ2) is 9.93. The quantitative estimate of drug-likeness (QED) is 0.407. The summed E-state index contributed by atoms with van der Waals surface area (Å²) < 4.78 is 6.58. The van der Waals surface area contributed by atoms with Crippen LogP contribution in [-0.4, -0.2) is 63.8 Å². The van der Waals surface area contributed by atoms with Crippen molar-refractivity contribution in [1.29, 1.82) is 0 Å². The van der Waals surface area contributed by atoms with Gasteiger partial charge in [0.2, 0.25) is 0 Å². The Bertz CT molecular complexity index is 1040.